The van der Waals surface area contributed by atoms with E-state index in [0.29, 0.717) is 0 Å². The van der Waals surface area contributed by atoms with Crippen molar-refractivity contribution in [2.75, 3.05) is 0 Å². The highest BCUT2D eigenvalue weighted by Gasteiger charge is 2.20. The number of rotatable bonds is 3. The quantitative estimate of drug-likeness (QED) is 0.427. The highest BCUT2D eigenvalue weighted by molar-refractivity contribution is 7.98. The van der Waals surface area contributed by atoms with E-state index >= 15 is 0 Å². The van der Waals surface area contributed by atoms with Gasteiger partial charge in [-0.05, 0) is 53.3 Å². The summed E-state index contributed by atoms with van der Waals surface area (Å²) in [6.07, 6.45) is 1.08. The molecule has 0 aromatic heterocycles. The van der Waals surface area contributed by atoms with Gasteiger partial charge in [-0.15, -0.1) is 11.8 Å². The number of thioether (sulfide) groups is 1. The molecule has 1 aliphatic rings. The Hall–Kier alpha value is -1.99. The van der Waals surface area contributed by atoms with E-state index in [-0.39, 0.29) is 0 Å². The fraction of sp³-hybridized carbons (Fsp3) is 0.143. The van der Waals surface area contributed by atoms with Crippen LogP contribution in [0.1, 0.15) is 22.3 Å². The Bertz CT molecular complexity index is 816. The third kappa shape index (κ3) is 2.46. The lowest BCUT2D eigenvalue weighted by Crippen LogP contribution is -1.90. The van der Waals surface area contributed by atoms with Gasteiger partial charge in [0.05, 0.1) is 0 Å². The largest absolute Gasteiger partial charge is 0.121 e. The molecule has 0 amide bonds. The highest BCUT2D eigenvalue weighted by Crippen LogP contribution is 2.39. The van der Waals surface area contributed by atoms with Crippen molar-refractivity contribution in [3.05, 3.63) is 89.0 Å². The first-order valence-corrected chi connectivity index (χ1v) is 8.68. The fourth-order valence-corrected chi connectivity index (χ4v) is 4.08. The number of hydrogen-bond acceptors (Lipinski definition) is 1. The van der Waals surface area contributed by atoms with Crippen LogP contribution in [0, 0.1) is 6.92 Å². The summed E-state index contributed by atoms with van der Waals surface area (Å²) in [5.41, 5.74) is 8.62. The molecule has 1 heteroatoms. The van der Waals surface area contributed by atoms with Crippen LogP contribution in [0.4, 0.5) is 0 Å². The van der Waals surface area contributed by atoms with Crippen LogP contribution in [-0.2, 0) is 12.2 Å². The zero-order chi connectivity index (χ0) is 14.9. The number of hydrogen-bond donors (Lipinski definition) is 0. The lowest BCUT2D eigenvalue weighted by Gasteiger charge is -2.08. The van der Waals surface area contributed by atoms with Crippen LogP contribution in [0.25, 0.3) is 11.1 Å². The van der Waals surface area contributed by atoms with Gasteiger partial charge in [0, 0.05) is 10.6 Å². The van der Waals surface area contributed by atoms with Crippen molar-refractivity contribution < 1.29 is 0 Å². The van der Waals surface area contributed by atoms with E-state index in [2.05, 4.69) is 73.7 Å². The Labute approximate surface area is 136 Å². The van der Waals surface area contributed by atoms with Crippen LogP contribution in [-0.4, -0.2) is 0 Å². The fourth-order valence-electron chi connectivity index (χ4n) is 3.15. The third-order valence-corrected chi connectivity index (χ3v) is 5.42. The lowest BCUT2D eigenvalue weighted by molar-refractivity contribution is 1.20. The molecule has 0 N–H and O–H groups in total. The predicted octanol–water partition coefficient (Wildman–Crippen LogP) is 5.86. The topological polar surface area (TPSA) is 0 Å². The van der Waals surface area contributed by atoms with E-state index in [0.717, 1.165) is 12.2 Å². The minimum atomic E-state index is 1.04. The standard InChI is InChI=1S/C21H18S/c1-15-9-11-18(12-10-15)22-14-17-6-4-8-20-19-7-3-2-5-16(19)13-21(17)20/h2-12H,13-14H2,1H3. The Morgan fingerprint density at radius 1 is 0.818 bits per heavy atom. The van der Waals surface area contributed by atoms with Gasteiger partial charge in [0.2, 0.25) is 0 Å². The molecule has 0 bridgehead atoms. The summed E-state index contributed by atoms with van der Waals surface area (Å²) in [4.78, 5) is 1.35. The molecule has 0 heterocycles. The lowest BCUT2D eigenvalue weighted by atomic mass is 10.0. The van der Waals surface area contributed by atoms with Crippen LogP contribution >= 0.6 is 11.8 Å². The van der Waals surface area contributed by atoms with Crippen molar-refractivity contribution in [1.82, 2.24) is 0 Å². The molecule has 0 atom stereocenters. The van der Waals surface area contributed by atoms with Gasteiger partial charge in [0.25, 0.3) is 0 Å². The molecular formula is C21H18S. The van der Waals surface area contributed by atoms with Crippen molar-refractivity contribution in [2.45, 2.75) is 24.0 Å². The Morgan fingerprint density at radius 2 is 1.59 bits per heavy atom. The van der Waals surface area contributed by atoms with Gasteiger partial charge < -0.3 is 0 Å². The highest BCUT2D eigenvalue weighted by atomic mass is 32.2. The average molecular weight is 302 g/mol. The van der Waals surface area contributed by atoms with Crippen molar-refractivity contribution >= 4 is 11.8 Å². The molecule has 0 radical (unpaired) electrons. The summed E-state index contributed by atoms with van der Waals surface area (Å²) >= 11 is 1.93. The van der Waals surface area contributed by atoms with Gasteiger partial charge in [-0.2, -0.15) is 0 Å². The second-order valence-corrected chi connectivity index (χ2v) is 6.93. The summed E-state index contributed by atoms with van der Waals surface area (Å²) in [7, 11) is 0. The SMILES string of the molecule is Cc1ccc(SCc2cccc3c2Cc2ccccc2-3)cc1. The number of fused-ring (bicyclic) bond motifs is 3. The molecule has 0 fully saturated rings. The van der Waals surface area contributed by atoms with Crippen LogP contribution < -0.4 is 0 Å². The Morgan fingerprint density at radius 3 is 2.45 bits per heavy atom. The van der Waals surface area contributed by atoms with Gasteiger partial charge in [-0.1, -0.05) is 60.2 Å². The maximum Gasteiger partial charge on any atom is 0.0235 e. The minimum Gasteiger partial charge on any atom is -0.121 e. The van der Waals surface area contributed by atoms with Gasteiger partial charge in [0.15, 0.2) is 0 Å². The normalized spacial score (nSPS) is 12.0. The summed E-state index contributed by atoms with van der Waals surface area (Å²) in [6, 6.07) is 24.4. The molecule has 22 heavy (non-hydrogen) atoms. The van der Waals surface area contributed by atoms with Gasteiger partial charge in [-0.3, -0.25) is 0 Å². The minimum absolute atomic E-state index is 1.04. The smallest absolute Gasteiger partial charge is 0.0235 e. The van der Waals surface area contributed by atoms with Crippen LogP contribution in [0.15, 0.2) is 71.6 Å². The van der Waals surface area contributed by atoms with Gasteiger partial charge in [0.1, 0.15) is 0 Å². The van der Waals surface area contributed by atoms with Crippen molar-refractivity contribution in [2.24, 2.45) is 0 Å². The molecule has 4 rings (SSSR count). The molecule has 0 aliphatic heterocycles. The third-order valence-electron chi connectivity index (χ3n) is 4.36. The molecule has 0 unspecified atom stereocenters. The first kappa shape index (κ1) is 13.7. The first-order valence-electron chi connectivity index (χ1n) is 7.70. The maximum absolute atomic E-state index is 2.28. The van der Waals surface area contributed by atoms with E-state index in [9.17, 15) is 0 Å². The molecular weight excluding hydrogens is 284 g/mol. The molecule has 1 aliphatic carbocycles. The second-order valence-electron chi connectivity index (χ2n) is 5.88. The molecule has 3 aromatic carbocycles. The van der Waals surface area contributed by atoms with Gasteiger partial charge >= 0.3 is 0 Å². The summed E-state index contributed by atoms with van der Waals surface area (Å²) < 4.78 is 0. The van der Waals surface area contributed by atoms with Crippen LogP contribution in [0.2, 0.25) is 0 Å². The molecule has 108 valence electrons. The van der Waals surface area contributed by atoms with Crippen molar-refractivity contribution in [3.63, 3.8) is 0 Å². The zero-order valence-electron chi connectivity index (χ0n) is 12.7. The average Bonchev–Trinajstić information content (AvgIpc) is 2.94. The summed E-state index contributed by atoms with van der Waals surface area (Å²) in [5, 5.41) is 0. The van der Waals surface area contributed by atoms with Crippen molar-refractivity contribution in [3.8, 4) is 11.1 Å². The van der Waals surface area contributed by atoms with E-state index in [1.807, 2.05) is 11.8 Å². The van der Waals surface area contributed by atoms with E-state index in [4.69, 9.17) is 0 Å². The second kappa shape index (κ2) is 5.66. The van der Waals surface area contributed by atoms with E-state index in [1.54, 1.807) is 0 Å². The van der Waals surface area contributed by atoms with Gasteiger partial charge in [-0.25, -0.2) is 0 Å². The summed E-state index contributed by atoms with van der Waals surface area (Å²) in [6.45, 7) is 2.13. The molecule has 0 nitrogen and oxygen atoms in total. The zero-order valence-corrected chi connectivity index (χ0v) is 13.5. The van der Waals surface area contributed by atoms with Crippen LogP contribution in [0.3, 0.4) is 0 Å². The summed E-state index contributed by atoms with van der Waals surface area (Å²) in [5.74, 6) is 1.04. The van der Waals surface area contributed by atoms with E-state index < -0.39 is 0 Å². The number of aryl methyl sites for hydroxylation is 1. The monoisotopic (exact) mass is 302 g/mol. The molecule has 0 saturated heterocycles. The number of benzene rings is 3. The van der Waals surface area contributed by atoms with Crippen molar-refractivity contribution in [1.29, 1.82) is 0 Å². The Balaban J connectivity index is 1.61. The molecule has 3 aromatic rings. The molecule has 0 saturated carbocycles. The Kier molecular flexibility index (Phi) is 3.51. The maximum atomic E-state index is 2.28. The predicted molar refractivity (Wildman–Crippen MR) is 95.4 cm³/mol. The van der Waals surface area contributed by atoms with E-state index in [1.165, 1.54) is 38.3 Å². The molecule has 0 spiro atoms. The van der Waals surface area contributed by atoms with Crippen LogP contribution in [0.5, 0.6) is 0 Å². The first-order chi connectivity index (χ1) is 10.8.